The van der Waals surface area contributed by atoms with Gasteiger partial charge in [0, 0.05) is 11.3 Å². The number of hydrogen-bond acceptors (Lipinski definition) is 1. The maximum atomic E-state index is 12.6. The van der Waals surface area contributed by atoms with Crippen LogP contribution in [0.2, 0.25) is 0 Å². The molecule has 1 amide bonds. The molecule has 4 rings (SSSR count). The normalized spacial score (nSPS) is 12.4. The second-order valence-electron chi connectivity index (χ2n) is 7.05. The molecule has 0 bridgehead atoms. The summed E-state index contributed by atoms with van der Waals surface area (Å²) in [5.74, 6) is 1.25. The van der Waals surface area contributed by atoms with Gasteiger partial charge in [0.25, 0.3) is 11.7 Å². The molecule has 140 valence electrons. The van der Waals surface area contributed by atoms with E-state index in [4.69, 9.17) is 0 Å². The number of nitrogens with zero attached hydrogens (tertiary/aromatic N) is 2. The van der Waals surface area contributed by atoms with E-state index in [9.17, 15) is 4.79 Å². The summed E-state index contributed by atoms with van der Waals surface area (Å²) in [5, 5.41) is 3.06. The molecule has 0 saturated heterocycles. The van der Waals surface area contributed by atoms with Crippen molar-refractivity contribution in [3.05, 3.63) is 71.7 Å². The topological polar surface area (TPSA) is 37.9 Å². The Morgan fingerprint density at radius 1 is 1.15 bits per heavy atom. The highest BCUT2D eigenvalue weighted by Crippen LogP contribution is 2.24. The number of fused-ring (bicyclic) bond motifs is 1. The minimum Gasteiger partial charge on any atom is -1.00 e. The molecule has 0 atom stereocenters. The molecular weight excluding hydrogens is 358 g/mol. The van der Waals surface area contributed by atoms with Crippen molar-refractivity contribution >= 4 is 11.6 Å². The van der Waals surface area contributed by atoms with Crippen LogP contribution in [-0.2, 0) is 24.3 Å². The Balaban J connectivity index is 0.00000210. The molecule has 0 unspecified atom stereocenters. The summed E-state index contributed by atoms with van der Waals surface area (Å²) in [5.41, 5.74) is 5.57. The lowest BCUT2D eigenvalue weighted by Gasteiger charge is -2.08. The molecule has 0 fully saturated rings. The Morgan fingerprint density at radius 2 is 1.93 bits per heavy atom. The van der Waals surface area contributed by atoms with Crippen LogP contribution in [0.4, 0.5) is 5.69 Å². The van der Waals surface area contributed by atoms with Crippen molar-refractivity contribution in [2.45, 2.75) is 39.8 Å². The van der Waals surface area contributed by atoms with E-state index >= 15 is 0 Å². The van der Waals surface area contributed by atoms with Gasteiger partial charge in [-0.3, -0.25) is 4.79 Å². The summed E-state index contributed by atoms with van der Waals surface area (Å²) in [7, 11) is 0. The Morgan fingerprint density at radius 3 is 2.67 bits per heavy atom. The van der Waals surface area contributed by atoms with Gasteiger partial charge in [0.15, 0.2) is 12.2 Å². The highest BCUT2D eigenvalue weighted by molar-refractivity contribution is 5.90. The molecule has 1 aliphatic rings. The summed E-state index contributed by atoms with van der Waals surface area (Å²) in [4.78, 5) is 12.6. The van der Waals surface area contributed by atoms with E-state index < -0.39 is 0 Å². The minimum atomic E-state index is 0. The van der Waals surface area contributed by atoms with Crippen LogP contribution in [0.1, 0.15) is 23.4 Å². The fourth-order valence-corrected chi connectivity index (χ4v) is 3.78. The fourth-order valence-electron chi connectivity index (χ4n) is 3.78. The average Bonchev–Trinajstić information content (AvgIpc) is 3.22. The lowest BCUT2D eigenvalue weighted by atomic mass is 10.1. The second-order valence-corrected chi connectivity index (χ2v) is 7.05. The average molecular weight is 382 g/mol. The Kier molecular flexibility index (Phi) is 5.66. The summed E-state index contributed by atoms with van der Waals surface area (Å²) in [6, 6.07) is 16.5. The van der Waals surface area contributed by atoms with Gasteiger partial charge in [-0.05, 0) is 31.9 Å². The molecule has 3 aromatic rings. The van der Waals surface area contributed by atoms with Crippen molar-refractivity contribution in [1.29, 1.82) is 0 Å². The van der Waals surface area contributed by atoms with E-state index in [2.05, 4.69) is 57.9 Å². The van der Waals surface area contributed by atoms with E-state index in [1.54, 1.807) is 0 Å². The lowest BCUT2D eigenvalue weighted by molar-refractivity contribution is -0.690. The van der Waals surface area contributed by atoms with Crippen LogP contribution >= 0.6 is 0 Å². The summed E-state index contributed by atoms with van der Waals surface area (Å²) in [6.45, 7) is 5.45. The number of aromatic nitrogens is 2. The maximum Gasteiger partial charge on any atom is 0.266 e. The number of carbonyl (C=O) groups excluding carboxylic acids is 1. The zero-order valence-corrected chi connectivity index (χ0v) is 16.5. The molecule has 1 aromatic heterocycles. The molecular formula is C22H24ClN3O. The number of rotatable bonds is 4. The molecule has 0 aliphatic carbocycles. The maximum absolute atomic E-state index is 12.6. The number of imidazole rings is 1. The van der Waals surface area contributed by atoms with Crippen molar-refractivity contribution in [3.8, 4) is 11.3 Å². The summed E-state index contributed by atoms with van der Waals surface area (Å²) >= 11 is 0. The van der Waals surface area contributed by atoms with Crippen LogP contribution in [-0.4, -0.2) is 10.5 Å². The summed E-state index contributed by atoms with van der Waals surface area (Å²) in [6.07, 6.45) is 4.27. The molecule has 1 aliphatic heterocycles. The highest BCUT2D eigenvalue weighted by atomic mass is 35.5. The van der Waals surface area contributed by atoms with Gasteiger partial charge in [0.1, 0.15) is 6.20 Å². The van der Waals surface area contributed by atoms with Gasteiger partial charge in [0.05, 0.1) is 13.0 Å². The molecule has 27 heavy (non-hydrogen) atoms. The largest absolute Gasteiger partial charge is 1.00 e. The van der Waals surface area contributed by atoms with Gasteiger partial charge in [-0.25, -0.2) is 9.13 Å². The second kappa shape index (κ2) is 7.97. The quantitative estimate of drug-likeness (QED) is 0.662. The van der Waals surface area contributed by atoms with Crippen molar-refractivity contribution in [2.75, 3.05) is 5.32 Å². The van der Waals surface area contributed by atoms with Crippen molar-refractivity contribution in [1.82, 2.24) is 4.57 Å². The first kappa shape index (κ1) is 19.2. The Hall–Kier alpha value is -2.59. The van der Waals surface area contributed by atoms with Crippen LogP contribution in [0.3, 0.4) is 0 Å². The van der Waals surface area contributed by atoms with E-state index in [0.717, 1.165) is 30.6 Å². The van der Waals surface area contributed by atoms with Crippen LogP contribution in [0, 0.1) is 13.8 Å². The smallest absolute Gasteiger partial charge is 0.266 e. The first-order valence-electron chi connectivity index (χ1n) is 9.16. The van der Waals surface area contributed by atoms with Gasteiger partial charge in [-0.2, -0.15) is 0 Å². The number of amides is 1. The molecule has 2 heterocycles. The van der Waals surface area contributed by atoms with Crippen LogP contribution < -0.4 is 22.3 Å². The minimum absolute atomic E-state index is 0. The van der Waals surface area contributed by atoms with Gasteiger partial charge < -0.3 is 17.7 Å². The predicted molar refractivity (Wildman–Crippen MR) is 103 cm³/mol. The van der Waals surface area contributed by atoms with Gasteiger partial charge in [0.2, 0.25) is 0 Å². The van der Waals surface area contributed by atoms with E-state index in [1.165, 1.54) is 22.6 Å². The number of anilines is 1. The van der Waals surface area contributed by atoms with Crippen molar-refractivity contribution < 1.29 is 21.8 Å². The number of hydrogen-bond donors (Lipinski definition) is 1. The zero-order chi connectivity index (χ0) is 18.1. The standard InChI is InChI=1S/C22H23N3O.ClH/c1-16-10-11-19(17(2)13-16)23-21(26)15-24-14-20(18-7-4-3-5-8-18)25-12-6-9-22(24)25;/h3-5,7-8,10-11,13-14H,6,9,12,15H2,1-2H3;1H. The number of aryl methyl sites for hydroxylation is 2. The first-order chi connectivity index (χ1) is 12.6. The molecule has 4 nitrogen and oxygen atoms in total. The highest BCUT2D eigenvalue weighted by Gasteiger charge is 2.29. The fraction of sp³-hybridized carbons (Fsp3) is 0.273. The third kappa shape index (κ3) is 3.91. The van der Waals surface area contributed by atoms with E-state index in [0.29, 0.717) is 6.54 Å². The third-order valence-corrected chi connectivity index (χ3v) is 5.03. The SMILES string of the molecule is Cc1ccc(NC(=O)C[n+]2cc(-c3ccccc3)n3c2CCC3)c(C)c1.[Cl-]. The number of carbonyl (C=O) groups is 1. The van der Waals surface area contributed by atoms with E-state index in [-0.39, 0.29) is 18.3 Å². The molecule has 2 aromatic carbocycles. The lowest BCUT2D eigenvalue weighted by Crippen LogP contribution is -3.00. The third-order valence-electron chi connectivity index (χ3n) is 5.03. The number of nitrogens with one attached hydrogen (secondary N) is 1. The first-order valence-corrected chi connectivity index (χ1v) is 9.16. The number of benzene rings is 2. The number of halogens is 1. The molecule has 0 saturated carbocycles. The molecule has 0 spiro atoms. The van der Waals surface area contributed by atoms with Crippen LogP contribution in [0.5, 0.6) is 0 Å². The zero-order valence-electron chi connectivity index (χ0n) is 15.7. The van der Waals surface area contributed by atoms with Crippen molar-refractivity contribution in [3.63, 3.8) is 0 Å². The van der Waals surface area contributed by atoms with E-state index in [1.807, 2.05) is 25.1 Å². The Bertz CT molecular complexity index is 963. The van der Waals surface area contributed by atoms with Gasteiger partial charge >= 0.3 is 0 Å². The van der Waals surface area contributed by atoms with Crippen LogP contribution in [0.25, 0.3) is 11.3 Å². The van der Waals surface area contributed by atoms with Gasteiger partial charge in [-0.15, -0.1) is 0 Å². The molecule has 0 radical (unpaired) electrons. The van der Waals surface area contributed by atoms with Gasteiger partial charge in [-0.1, -0.05) is 48.0 Å². The molecule has 1 N–H and O–H groups in total. The van der Waals surface area contributed by atoms with Crippen molar-refractivity contribution in [2.24, 2.45) is 0 Å². The summed E-state index contributed by atoms with van der Waals surface area (Å²) < 4.78 is 4.45. The Labute approximate surface area is 166 Å². The predicted octanol–water partition coefficient (Wildman–Crippen LogP) is 0.648. The molecule has 5 heteroatoms. The van der Waals surface area contributed by atoms with Crippen LogP contribution in [0.15, 0.2) is 54.7 Å². The monoisotopic (exact) mass is 381 g/mol.